The van der Waals surface area contributed by atoms with Crippen LogP contribution in [0.5, 0.6) is 5.75 Å². The lowest BCUT2D eigenvalue weighted by molar-refractivity contribution is -0.0213. The van der Waals surface area contributed by atoms with Gasteiger partial charge in [0.1, 0.15) is 11.4 Å². The molecule has 3 nitrogen and oxygen atoms in total. The molecule has 0 amide bonds. The molecule has 3 heteroatoms. The largest absolute Gasteiger partial charge is 0.496 e. The van der Waals surface area contributed by atoms with Crippen LogP contribution in [0.25, 0.3) is 0 Å². The highest BCUT2D eigenvalue weighted by molar-refractivity contribution is 5.43. The van der Waals surface area contributed by atoms with Gasteiger partial charge in [-0.3, -0.25) is 0 Å². The molecule has 0 saturated heterocycles. The summed E-state index contributed by atoms with van der Waals surface area (Å²) in [5.74, 6) is 0.842. The van der Waals surface area contributed by atoms with Crippen LogP contribution in [0.1, 0.15) is 23.6 Å². The van der Waals surface area contributed by atoms with Gasteiger partial charge in [-0.05, 0) is 49.6 Å². The molecule has 16 heavy (non-hydrogen) atoms. The summed E-state index contributed by atoms with van der Waals surface area (Å²) in [6.07, 6.45) is 0. The Morgan fingerprint density at radius 1 is 1.19 bits per heavy atom. The lowest BCUT2D eigenvalue weighted by atomic mass is 9.91. The molecule has 90 valence electrons. The Balaban J connectivity index is 3.20. The van der Waals surface area contributed by atoms with Crippen molar-refractivity contribution in [3.05, 3.63) is 28.8 Å². The van der Waals surface area contributed by atoms with Crippen LogP contribution in [0.4, 0.5) is 0 Å². The number of ether oxygens (including phenoxy) is 2. The van der Waals surface area contributed by atoms with Gasteiger partial charge in [0.05, 0.1) is 13.7 Å². The first-order chi connectivity index (χ1) is 7.42. The number of rotatable bonds is 4. The van der Waals surface area contributed by atoms with Gasteiger partial charge in [-0.1, -0.05) is 0 Å². The van der Waals surface area contributed by atoms with Crippen LogP contribution < -0.4 is 4.74 Å². The normalized spacial score (nSPS) is 14.6. The highest BCUT2D eigenvalue weighted by Gasteiger charge is 2.25. The fraction of sp³-hybridized carbons (Fsp3) is 0.538. The monoisotopic (exact) mass is 224 g/mol. The zero-order valence-corrected chi connectivity index (χ0v) is 10.6. The first-order valence-corrected chi connectivity index (χ1v) is 5.29. The lowest BCUT2D eigenvalue weighted by Gasteiger charge is -2.25. The standard InChI is InChI=1S/C13H20O3/c1-9-7-12(16-5)10(2)6-11(9)13(3,14)8-15-4/h6-7,14H,8H2,1-5H3. The maximum absolute atomic E-state index is 10.3. The second kappa shape index (κ2) is 4.85. The van der Waals surface area contributed by atoms with E-state index < -0.39 is 5.60 Å². The second-order valence-electron chi connectivity index (χ2n) is 4.34. The number of aryl methyl sites for hydroxylation is 2. The van der Waals surface area contributed by atoms with E-state index in [9.17, 15) is 5.11 Å². The average Bonchev–Trinajstić information content (AvgIpc) is 2.20. The van der Waals surface area contributed by atoms with E-state index in [0.29, 0.717) is 0 Å². The predicted molar refractivity (Wildman–Crippen MR) is 63.9 cm³/mol. The van der Waals surface area contributed by atoms with E-state index in [4.69, 9.17) is 9.47 Å². The molecule has 1 unspecified atom stereocenters. The molecule has 1 atom stereocenters. The third-order valence-corrected chi connectivity index (χ3v) is 2.75. The Morgan fingerprint density at radius 3 is 2.31 bits per heavy atom. The summed E-state index contributed by atoms with van der Waals surface area (Å²) in [6.45, 7) is 5.95. The highest BCUT2D eigenvalue weighted by atomic mass is 16.5. The fourth-order valence-corrected chi connectivity index (χ4v) is 1.95. The third kappa shape index (κ3) is 2.54. The lowest BCUT2D eigenvalue weighted by Crippen LogP contribution is -2.28. The highest BCUT2D eigenvalue weighted by Crippen LogP contribution is 2.30. The molecule has 1 N–H and O–H groups in total. The Bertz CT molecular complexity index is 370. The molecular weight excluding hydrogens is 204 g/mol. The van der Waals surface area contributed by atoms with Crippen molar-refractivity contribution in [1.82, 2.24) is 0 Å². The van der Waals surface area contributed by atoms with Crippen molar-refractivity contribution < 1.29 is 14.6 Å². The summed E-state index contributed by atoms with van der Waals surface area (Å²) in [7, 11) is 3.23. The van der Waals surface area contributed by atoms with E-state index in [-0.39, 0.29) is 6.61 Å². The van der Waals surface area contributed by atoms with Crippen molar-refractivity contribution in [3.63, 3.8) is 0 Å². The summed E-state index contributed by atoms with van der Waals surface area (Å²) >= 11 is 0. The molecule has 0 fully saturated rings. The molecule has 0 aliphatic rings. The van der Waals surface area contributed by atoms with E-state index in [2.05, 4.69) is 0 Å². The van der Waals surface area contributed by atoms with Crippen LogP contribution >= 0.6 is 0 Å². The van der Waals surface area contributed by atoms with E-state index in [0.717, 1.165) is 22.4 Å². The summed E-state index contributed by atoms with van der Waals surface area (Å²) in [6, 6.07) is 3.89. The van der Waals surface area contributed by atoms with Gasteiger partial charge >= 0.3 is 0 Å². The van der Waals surface area contributed by atoms with E-state index in [1.54, 1.807) is 21.1 Å². The van der Waals surface area contributed by atoms with Crippen LogP contribution in [0.3, 0.4) is 0 Å². The second-order valence-corrected chi connectivity index (χ2v) is 4.34. The van der Waals surface area contributed by atoms with Gasteiger partial charge in [0, 0.05) is 7.11 Å². The van der Waals surface area contributed by atoms with Gasteiger partial charge in [0.2, 0.25) is 0 Å². The fourth-order valence-electron chi connectivity index (χ4n) is 1.95. The van der Waals surface area contributed by atoms with Crippen molar-refractivity contribution in [2.75, 3.05) is 20.8 Å². The molecule has 0 aliphatic carbocycles. The summed E-state index contributed by atoms with van der Waals surface area (Å²) < 4.78 is 10.3. The van der Waals surface area contributed by atoms with Crippen LogP contribution in [-0.2, 0) is 10.3 Å². The third-order valence-electron chi connectivity index (χ3n) is 2.75. The topological polar surface area (TPSA) is 38.7 Å². The van der Waals surface area contributed by atoms with Gasteiger partial charge in [-0.2, -0.15) is 0 Å². The van der Waals surface area contributed by atoms with Crippen LogP contribution in [0.15, 0.2) is 12.1 Å². The Kier molecular flexibility index (Phi) is 3.94. The first-order valence-electron chi connectivity index (χ1n) is 5.29. The van der Waals surface area contributed by atoms with Crippen LogP contribution in [0, 0.1) is 13.8 Å². The quantitative estimate of drug-likeness (QED) is 0.851. The molecule has 1 rings (SSSR count). The SMILES string of the molecule is COCC(C)(O)c1cc(C)c(OC)cc1C. The number of aliphatic hydroxyl groups is 1. The summed E-state index contributed by atoms with van der Waals surface area (Å²) in [4.78, 5) is 0. The Hall–Kier alpha value is -1.06. The average molecular weight is 224 g/mol. The van der Waals surface area contributed by atoms with Crippen LogP contribution in [0.2, 0.25) is 0 Å². The number of benzene rings is 1. The molecule has 0 radical (unpaired) electrons. The van der Waals surface area contributed by atoms with E-state index in [1.165, 1.54) is 0 Å². The molecule has 0 saturated carbocycles. The van der Waals surface area contributed by atoms with Crippen molar-refractivity contribution in [1.29, 1.82) is 0 Å². The smallest absolute Gasteiger partial charge is 0.122 e. The zero-order chi connectivity index (χ0) is 12.3. The zero-order valence-electron chi connectivity index (χ0n) is 10.6. The van der Waals surface area contributed by atoms with Crippen molar-refractivity contribution in [3.8, 4) is 5.75 Å². The minimum Gasteiger partial charge on any atom is -0.496 e. The molecule has 0 bridgehead atoms. The minimum atomic E-state index is -0.962. The summed E-state index contributed by atoms with van der Waals surface area (Å²) in [5, 5.41) is 10.3. The Labute approximate surface area is 97.0 Å². The molecular formula is C13H20O3. The van der Waals surface area contributed by atoms with Crippen LogP contribution in [-0.4, -0.2) is 25.9 Å². The Morgan fingerprint density at radius 2 is 1.81 bits per heavy atom. The molecule has 0 heterocycles. The predicted octanol–water partition coefficient (Wildman–Crippen LogP) is 2.17. The summed E-state index contributed by atoms with van der Waals surface area (Å²) in [5.41, 5.74) is 1.94. The number of hydrogen-bond donors (Lipinski definition) is 1. The van der Waals surface area contributed by atoms with Gasteiger partial charge in [0.15, 0.2) is 0 Å². The van der Waals surface area contributed by atoms with Crippen molar-refractivity contribution >= 4 is 0 Å². The van der Waals surface area contributed by atoms with E-state index in [1.807, 2.05) is 26.0 Å². The minimum absolute atomic E-state index is 0.277. The maximum atomic E-state index is 10.3. The first kappa shape index (κ1) is 13.0. The maximum Gasteiger partial charge on any atom is 0.122 e. The van der Waals surface area contributed by atoms with Crippen molar-refractivity contribution in [2.45, 2.75) is 26.4 Å². The molecule has 0 aromatic heterocycles. The van der Waals surface area contributed by atoms with Crippen molar-refractivity contribution in [2.24, 2.45) is 0 Å². The van der Waals surface area contributed by atoms with Gasteiger partial charge in [-0.15, -0.1) is 0 Å². The van der Waals surface area contributed by atoms with Gasteiger partial charge < -0.3 is 14.6 Å². The van der Waals surface area contributed by atoms with Gasteiger partial charge in [-0.25, -0.2) is 0 Å². The van der Waals surface area contributed by atoms with E-state index >= 15 is 0 Å². The molecule has 0 aliphatic heterocycles. The molecule has 1 aromatic rings. The van der Waals surface area contributed by atoms with Gasteiger partial charge in [0.25, 0.3) is 0 Å². The molecule has 1 aromatic carbocycles. The molecule has 0 spiro atoms. The number of methoxy groups -OCH3 is 2. The number of hydrogen-bond acceptors (Lipinski definition) is 3.